The summed E-state index contributed by atoms with van der Waals surface area (Å²) in [6, 6.07) is 0. The van der Waals surface area contributed by atoms with Crippen LogP contribution in [0.4, 0.5) is 5.82 Å². The summed E-state index contributed by atoms with van der Waals surface area (Å²) in [5.41, 5.74) is 1.18. The Hall–Kier alpha value is -1.69. The molecule has 5 nitrogen and oxygen atoms in total. The van der Waals surface area contributed by atoms with Gasteiger partial charge in [0.25, 0.3) is 0 Å². The van der Waals surface area contributed by atoms with Gasteiger partial charge in [0.1, 0.15) is 23.0 Å². The van der Waals surface area contributed by atoms with Gasteiger partial charge in [0.05, 0.1) is 12.1 Å². The number of rotatable bonds is 2. The van der Waals surface area contributed by atoms with E-state index < -0.39 is 0 Å². The van der Waals surface area contributed by atoms with Crippen LogP contribution in [0.1, 0.15) is 18.3 Å². The second-order valence-corrected chi connectivity index (χ2v) is 5.64. The van der Waals surface area contributed by atoms with E-state index in [9.17, 15) is 4.79 Å². The Bertz CT molecular complexity index is 651. The summed E-state index contributed by atoms with van der Waals surface area (Å²) in [6.45, 7) is 7.73. The summed E-state index contributed by atoms with van der Waals surface area (Å²) in [6.07, 6.45) is 0. The summed E-state index contributed by atoms with van der Waals surface area (Å²) in [5.74, 6) is 1.82. The normalized spacial score (nSPS) is 15.8. The number of hydrogen-bond acceptors (Lipinski definition) is 5. The first-order chi connectivity index (χ1) is 9.10. The minimum absolute atomic E-state index is 0.166. The lowest BCUT2D eigenvalue weighted by Crippen LogP contribution is -2.27. The third-order valence-electron chi connectivity index (χ3n) is 3.41. The highest BCUT2D eigenvalue weighted by atomic mass is 32.1. The van der Waals surface area contributed by atoms with Crippen molar-refractivity contribution in [3.63, 3.8) is 0 Å². The molecule has 0 radical (unpaired) electrons. The zero-order valence-electron chi connectivity index (χ0n) is 11.3. The summed E-state index contributed by atoms with van der Waals surface area (Å²) < 4.78 is 0. The summed E-state index contributed by atoms with van der Waals surface area (Å²) in [4.78, 5) is 25.8. The second-order valence-electron chi connectivity index (χ2n) is 4.78. The van der Waals surface area contributed by atoms with Gasteiger partial charge in [0, 0.05) is 6.54 Å². The molecule has 100 valence electrons. The van der Waals surface area contributed by atoms with Crippen LogP contribution in [0.25, 0.3) is 10.2 Å². The Morgan fingerprint density at radius 1 is 1.37 bits per heavy atom. The van der Waals surface area contributed by atoms with E-state index in [4.69, 9.17) is 0 Å². The Morgan fingerprint density at radius 3 is 2.84 bits per heavy atom. The predicted octanol–water partition coefficient (Wildman–Crippen LogP) is 1.93. The molecular formula is C13H16N4OS. The van der Waals surface area contributed by atoms with Crippen LogP contribution >= 0.6 is 11.3 Å². The first kappa shape index (κ1) is 12.3. The molecule has 2 aromatic rings. The summed E-state index contributed by atoms with van der Waals surface area (Å²) >= 11 is 1.63. The highest BCUT2D eigenvalue weighted by Crippen LogP contribution is 2.32. The van der Waals surface area contributed by atoms with E-state index in [0.717, 1.165) is 28.4 Å². The molecule has 0 bridgehead atoms. The SMILES string of the molecule is CCN1CN(c2nc(C)nc3scc(C)c23)CC1=O. The average molecular weight is 276 g/mol. The molecule has 0 saturated carbocycles. The van der Waals surface area contributed by atoms with Crippen molar-refractivity contribution in [1.82, 2.24) is 14.9 Å². The number of likely N-dealkylation sites (N-methyl/N-ethyl adjacent to an activating group) is 1. The zero-order valence-corrected chi connectivity index (χ0v) is 12.1. The fraction of sp³-hybridized carbons (Fsp3) is 0.462. The number of aromatic nitrogens is 2. The molecule has 3 rings (SSSR count). The van der Waals surface area contributed by atoms with Crippen molar-refractivity contribution in [3.8, 4) is 0 Å². The van der Waals surface area contributed by atoms with E-state index in [1.807, 2.05) is 23.6 Å². The molecule has 0 aliphatic carbocycles. The Balaban J connectivity index is 2.10. The maximum atomic E-state index is 11.9. The van der Waals surface area contributed by atoms with E-state index >= 15 is 0 Å². The molecule has 3 heterocycles. The van der Waals surface area contributed by atoms with Crippen LogP contribution in [0.5, 0.6) is 0 Å². The van der Waals surface area contributed by atoms with Gasteiger partial charge in [0.2, 0.25) is 5.91 Å². The largest absolute Gasteiger partial charge is 0.329 e. The Morgan fingerprint density at radius 2 is 2.16 bits per heavy atom. The summed E-state index contributed by atoms with van der Waals surface area (Å²) in [7, 11) is 0. The van der Waals surface area contributed by atoms with Crippen LogP contribution < -0.4 is 4.90 Å². The van der Waals surface area contributed by atoms with Gasteiger partial charge in [-0.2, -0.15) is 0 Å². The van der Waals surface area contributed by atoms with E-state index in [2.05, 4.69) is 22.3 Å². The van der Waals surface area contributed by atoms with Gasteiger partial charge in [-0.1, -0.05) is 0 Å². The van der Waals surface area contributed by atoms with Crippen molar-refractivity contribution in [2.24, 2.45) is 0 Å². The number of thiophene rings is 1. The molecule has 0 aromatic carbocycles. The second kappa shape index (κ2) is 4.45. The lowest BCUT2D eigenvalue weighted by atomic mass is 10.2. The number of nitrogens with zero attached hydrogens (tertiary/aromatic N) is 4. The van der Waals surface area contributed by atoms with Gasteiger partial charge >= 0.3 is 0 Å². The topological polar surface area (TPSA) is 49.3 Å². The highest BCUT2D eigenvalue weighted by Gasteiger charge is 2.29. The maximum Gasteiger partial charge on any atom is 0.243 e. The molecule has 1 saturated heterocycles. The molecular weight excluding hydrogens is 260 g/mol. The van der Waals surface area contributed by atoms with E-state index in [0.29, 0.717) is 13.2 Å². The zero-order chi connectivity index (χ0) is 13.6. The van der Waals surface area contributed by atoms with Crippen molar-refractivity contribution in [1.29, 1.82) is 0 Å². The molecule has 2 aromatic heterocycles. The van der Waals surface area contributed by atoms with E-state index in [1.54, 1.807) is 11.3 Å². The smallest absolute Gasteiger partial charge is 0.243 e. The van der Waals surface area contributed by atoms with Gasteiger partial charge < -0.3 is 9.80 Å². The van der Waals surface area contributed by atoms with Gasteiger partial charge in [0.15, 0.2) is 0 Å². The van der Waals surface area contributed by atoms with Crippen LogP contribution in [0.3, 0.4) is 0 Å². The Labute approximate surface area is 115 Å². The minimum atomic E-state index is 0.166. The first-order valence-corrected chi connectivity index (χ1v) is 7.23. The van der Waals surface area contributed by atoms with Crippen molar-refractivity contribution < 1.29 is 4.79 Å². The van der Waals surface area contributed by atoms with Crippen molar-refractivity contribution in [2.45, 2.75) is 20.8 Å². The quantitative estimate of drug-likeness (QED) is 0.841. The number of carbonyl (C=O) groups is 1. The molecule has 1 fully saturated rings. The fourth-order valence-electron chi connectivity index (χ4n) is 2.41. The maximum absolute atomic E-state index is 11.9. The molecule has 0 atom stereocenters. The third kappa shape index (κ3) is 1.96. The molecule has 19 heavy (non-hydrogen) atoms. The highest BCUT2D eigenvalue weighted by molar-refractivity contribution is 7.17. The van der Waals surface area contributed by atoms with E-state index in [-0.39, 0.29) is 5.91 Å². The molecule has 0 unspecified atom stereocenters. The number of hydrogen-bond donors (Lipinski definition) is 0. The van der Waals surface area contributed by atoms with Gasteiger partial charge in [-0.05, 0) is 31.7 Å². The van der Waals surface area contributed by atoms with Gasteiger partial charge in [-0.3, -0.25) is 4.79 Å². The molecule has 1 amide bonds. The molecule has 0 spiro atoms. The average Bonchev–Trinajstić information content (AvgIpc) is 2.92. The van der Waals surface area contributed by atoms with Gasteiger partial charge in [-0.25, -0.2) is 9.97 Å². The van der Waals surface area contributed by atoms with Gasteiger partial charge in [-0.15, -0.1) is 11.3 Å². The van der Waals surface area contributed by atoms with Crippen LogP contribution in [0, 0.1) is 13.8 Å². The summed E-state index contributed by atoms with van der Waals surface area (Å²) in [5, 5.41) is 3.18. The van der Waals surface area contributed by atoms with Crippen molar-refractivity contribution in [3.05, 3.63) is 16.8 Å². The fourth-order valence-corrected chi connectivity index (χ4v) is 3.37. The molecule has 6 heteroatoms. The number of aryl methyl sites for hydroxylation is 2. The number of fused-ring (bicyclic) bond motifs is 1. The molecule has 0 N–H and O–H groups in total. The minimum Gasteiger partial charge on any atom is -0.329 e. The Kier molecular flexibility index (Phi) is 2.89. The number of anilines is 1. The standard InChI is InChI=1S/C13H16N4OS/c1-4-16-7-17(5-10(16)18)12-11-8(2)6-19-13(11)15-9(3)14-12/h6H,4-5,7H2,1-3H3. The lowest BCUT2D eigenvalue weighted by Gasteiger charge is -2.18. The van der Waals surface area contributed by atoms with Crippen LogP contribution in [-0.4, -0.2) is 40.5 Å². The molecule has 1 aliphatic rings. The third-order valence-corrected chi connectivity index (χ3v) is 4.40. The van der Waals surface area contributed by atoms with Crippen LogP contribution in [0.15, 0.2) is 5.38 Å². The molecule has 1 aliphatic heterocycles. The monoisotopic (exact) mass is 276 g/mol. The van der Waals surface area contributed by atoms with Crippen LogP contribution in [0.2, 0.25) is 0 Å². The van der Waals surface area contributed by atoms with Crippen LogP contribution in [-0.2, 0) is 4.79 Å². The number of amides is 1. The van der Waals surface area contributed by atoms with E-state index in [1.165, 1.54) is 5.56 Å². The predicted molar refractivity (Wildman–Crippen MR) is 76.5 cm³/mol. The number of carbonyl (C=O) groups excluding carboxylic acids is 1. The first-order valence-electron chi connectivity index (χ1n) is 6.35. The van der Waals surface area contributed by atoms with Crippen molar-refractivity contribution >= 4 is 33.3 Å². The van der Waals surface area contributed by atoms with Crippen molar-refractivity contribution in [2.75, 3.05) is 24.7 Å². The lowest BCUT2D eigenvalue weighted by molar-refractivity contribution is -0.126.